The Morgan fingerprint density at radius 2 is 1.58 bits per heavy atom. The van der Waals surface area contributed by atoms with Gasteiger partial charge in [-0.1, -0.05) is 93.1 Å². The maximum absolute atomic E-state index is 14.3. The van der Waals surface area contributed by atoms with Gasteiger partial charge in [-0.05, 0) is 54.9 Å². The fourth-order valence-corrected chi connectivity index (χ4v) is 5.20. The van der Waals surface area contributed by atoms with E-state index in [1.165, 1.54) is 6.20 Å². The second kappa shape index (κ2) is 14.6. The van der Waals surface area contributed by atoms with Gasteiger partial charge in [0.25, 0.3) is 0 Å². The number of hydrogen-bond acceptors (Lipinski definition) is 6. The van der Waals surface area contributed by atoms with Gasteiger partial charge in [-0.3, -0.25) is 19.3 Å². The quantitative estimate of drug-likeness (QED) is 0.321. The van der Waals surface area contributed by atoms with Crippen molar-refractivity contribution in [1.82, 2.24) is 20.9 Å². The summed E-state index contributed by atoms with van der Waals surface area (Å²) in [6, 6.07) is 21.8. The smallest absolute Gasteiger partial charge is 0.249 e. The monoisotopic (exact) mass is 584 g/mol. The highest BCUT2D eigenvalue weighted by Gasteiger charge is 2.39. The standard InChI is InChI=1S/C34H40N4O5/c1-5-22(2)29(38(3)4)34(42)37-28-31(25-14-10-7-11-15-25)43-26-18-16-23(17-19-26)20-21-35-32(40)27(36-33(28)41)30(39)24-12-8-6-9-13-24/h6-22,27-31,39H,5H2,1-4H3,(H,35,40)(H,36,41)(H,37,42)/b21-20-/t22-,27-,28+,29+,30-,31-/m1/s1. The maximum atomic E-state index is 14.3. The Morgan fingerprint density at radius 1 is 0.953 bits per heavy atom. The number of fused-ring (bicyclic) bond motifs is 10. The summed E-state index contributed by atoms with van der Waals surface area (Å²) in [7, 11) is 3.64. The molecule has 3 amide bonds. The zero-order valence-corrected chi connectivity index (χ0v) is 24.9. The molecular formula is C34H40N4O5. The fourth-order valence-electron chi connectivity index (χ4n) is 5.20. The van der Waals surface area contributed by atoms with Gasteiger partial charge in [0.1, 0.15) is 23.9 Å². The van der Waals surface area contributed by atoms with E-state index in [9.17, 15) is 19.5 Å². The summed E-state index contributed by atoms with van der Waals surface area (Å²) >= 11 is 0. The third-order valence-corrected chi connectivity index (χ3v) is 7.70. The van der Waals surface area contributed by atoms with Crippen LogP contribution in [0.1, 0.15) is 49.2 Å². The van der Waals surface area contributed by atoms with Gasteiger partial charge in [0.05, 0.1) is 6.04 Å². The SMILES string of the molecule is CC[C@@H](C)[C@@H](C(=O)N[C@@H]1C(=O)N[C@H]([C@H](O)c2ccccc2)C(=O)N/C=C\c2ccc(cc2)O[C@@H]1c1ccccc1)N(C)C. The van der Waals surface area contributed by atoms with Crippen LogP contribution >= 0.6 is 0 Å². The number of ether oxygens (including phenoxy) is 1. The number of carbonyl (C=O) groups excluding carboxylic acids is 3. The number of rotatable bonds is 8. The predicted molar refractivity (Wildman–Crippen MR) is 166 cm³/mol. The van der Waals surface area contributed by atoms with Gasteiger partial charge in [-0.25, -0.2) is 0 Å². The molecule has 0 fully saturated rings. The number of likely N-dealkylation sites (N-methyl/N-ethyl adjacent to an activating group) is 1. The molecule has 2 bridgehead atoms. The summed E-state index contributed by atoms with van der Waals surface area (Å²) in [5.74, 6) is -1.18. The van der Waals surface area contributed by atoms with Crippen LogP contribution in [0, 0.1) is 5.92 Å². The Labute approximate surface area is 252 Å². The highest BCUT2D eigenvalue weighted by Crippen LogP contribution is 2.28. The summed E-state index contributed by atoms with van der Waals surface area (Å²) in [5, 5.41) is 19.7. The van der Waals surface area contributed by atoms with Gasteiger partial charge in [0.15, 0.2) is 6.10 Å². The van der Waals surface area contributed by atoms with Crippen molar-refractivity contribution < 1.29 is 24.2 Å². The summed E-state index contributed by atoms with van der Waals surface area (Å²) in [5.41, 5.74) is 1.90. The van der Waals surface area contributed by atoms with Crippen LogP contribution in [0.5, 0.6) is 5.75 Å². The molecule has 5 rings (SSSR count). The van der Waals surface area contributed by atoms with E-state index in [-0.39, 0.29) is 11.8 Å². The molecule has 3 aromatic rings. The number of aliphatic hydroxyl groups is 1. The number of aliphatic hydroxyl groups excluding tert-OH is 1. The molecule has 0 unspecified atom stereocenters. The number of benzene rings is 3. The third-order valence-electron chi connectivity index (χ3n) is 7.70. The Morgan fingerprint density at radius 3 is 2.19 bits per heavy atom. The minimum Gasteiger partial charge on any atom is -0.483 e. The van der Waals surface area contributed by atoms with Crippen molar-refractivity contribution in [1.29, 1.82) is 0 Å². The maximum Gasteiger partial charge on any atom is 0.249 e. The van der Waals surface area contributed by atoms with Gasteiger partial charge in [0.2, 0.25) is 17.7 Å². The van der Waals surface area contributed by atoms with E-state index in [2.05, 4.69) is 16.0 Å². The highest BCUT2D eigenvalue weighted by atomic mass is 16.5. The first-order chi connectivity index (χ1) is 20.7. The van der Waals surface area contributed by atoms with E-state index < -0.39 is 42.1 Å². The molecule has 0 radical (unpaired) electrons. The van der Waals surface area contributed by atoms with Gasteiger partial charge >= 0.3 is 0 Å². The van der Waals surface area contributed by atoms with Gasteiger partial charge in [-0.15, -0.1) is 0 Å². The predicted octanol–water partition coefficient (Wildman–Crippen LogP) is 3.59. The summed E-state index contributed by atoms with van der Waals surface area (Å²) in [4.78, 5) is 43.4. The van der Waals surface area contributed by atoms with Crippen molar-refractivity contribution in [3.63, 3.8) is 0 Å². The number of carbonyl (C=O) groups is 3. The summed E-state index contributed by atoms with van der Waals surface area (Å²) in [6.07, 6.45) is 1.58. The number of hydrogen-bond donors (Lipinski definition) is 4. The van der Waals surface area contributed by atoms with E-state index in [0.29, 0.717) is 16.9 Å². The van der Waals surface area contributed by atoms with Crippen LogP contribution in [0.15, 0.2) is 91.1 Å². The molecule has 2 aliphatic heterocycles. The topological polar surface area (TPSA) is 120 Å². The highest BCUT2D eigenvalue weighted by molar-refractivity contribution is 5.94. The van der Waals surface area contributed by atoms with E-state index in [1.807, 2.05) is 75.3 Å². The molecule has 9 heteroatoms. The van der Waals surface area contributed by atoms with E-state index >= 15 is 0 Å². The normalized spacial score (nSPS) is 21.9. The number of nitrogens with one attached hydrogen (secondary N) is 3. The molecule has 9 nitrogen and oxygen atoms in total. The average molecular weight is 585 g/mol. The minimum absolute atomic E-state index is 0.00887. The lowest BCUT2D eigenvalue weighted by atomic mass is 9.95. The second-order valence-corrected chi connectivity index (χ2v) is 11.0. The van der Waals surface area contributed by atoms with Crippen LogP contribution in [0.3, 0.4) is 0 Å². The molecule has 226 valence electrons. The zero-order valence-electron chi connectivity index (χ0n) is 24.9. The first-order valence-corrected chi connectivity index (χ1v) is 14.5. The molecular weight excluding hydrogens is 544 g/mol. The molecule has 2 heterocycles. The molecule has 43 heavy (non-hydrogen) atoms. The van der Waals surface area contributed by atoms with Crippen LogP contribution in [-0.2, 0) is 14.4 Å². The van der Waals surface area contributed by atoms with Gasteiger partial charge in [0, 0.05) is 6.20 Å². The van der Waals surface area contributed by atoms with Crippen molar-refractivity contribution >= 4 is 23.8 Å². The molecule has 0 aromatic heterocycles. The first-order valence-electron chi connectivity index (χ1n) is 14.5. The Hall–Kier alpha value is -4.47. The third kappa shape index (κ3) is 7.88. The van der Waals surface area contributed by atoms with Crippen LogP contribution < -0.4 is 20.7 Å². The molecule has 0 aliphatic carbocycles. The lowest BCUT2D eigenvalue weighted by Gasteiger charge is -2.34. The zero-order chi connectivity index (χ0) is 30.9. The molecule has 0 saturated carbocycles. The first kappa shape index (κ1) is 31.5. The molecule has 6 atom stereocenters. The van der Waals surface area contributed by atoms with E-state index in [1.54, 1.807) is 48.5 Å². The lowest BCUT2D eigenvalue weighted by molar-refractivity contribution is -0.137. The Kier molecular flexibility index (Phi) is 10.7. The van der Waals surface area contributed by atoms with Crippen molar-refractivity contribution in [2.45, 2.75) is 50.6 Å². The number of nitrogens with zero attached hydrogens (tertiary/aromatic N) is 1. The molecule has 0 saturated heterocycles. The van der Waals surface area contributed by atoms with Crippen molar-refractivity contribution in [3.05, 3.63) is 108 Å². The van der Waals surface area contributed by atoms with Crippen LogP contribution in [0.25, 0.3) is 6.08 Å². The van der Waals surface area contributed by atoms with Gasteiger partial charge in [-0.2, -0.15) is 0 Å². The molecule has 4 N–H and O–H groups in total. The summed E-state index contributed by atoms with van der Waals surface area (Å²) < 4.78 is 6.44. The van der Waals surface area contributed by atoms with Crippen LogP contribution in [0.2, 0.25) is 0 Å². The van der Waals surface area contributed by atoms with Crippen LogP contribution in [0.4, 0.5) is 0 Å². The Bertz CT molecular complexity index is 1400. The second-order valence-electron chi connectivity index (χ2n) is 11.0. The Balaban J connectivity index is 1.82. The number of amides is 3. The minimum atomic E-state index is -1.38. The van der Waals surface area contributed by atoms with Crippen molar-refractivity contribution in [2.75, 3.05) is 14.1 Å². The summed E-state index contributed by atoms with van der Waals surface area (Å²) in [6.45, 7) is 3.99. The molecule has 0 spiro atoms. The fraction of sp³-hybridized carbons (Fsp3) is 0.324. The van der Waals surface area contributed by atoms with Crippen molar-refractivity contribution in [2.24, 2.45) is 5.92 Å². The largest absolute Gasteiger partial charge is 0.483 e. The average Bonchev–Trinajstić information content (AvgIpc) is 3.02. The van der Waals surface area contributed by atoms with E-state index in [4.69, 9.17) is 4.74 Å². The van der Waals surface area contributed by atoms with Gasteiger partial charge < -0.3 is 25.8 Å². The molecule has 3 aromatic carbocycles. The lowest BCUT2D eigenvalue weighted by Crippen LogP contribution is -2.60. The van der Waals surface area contributed by atoms with Crippen LogP contribution in [-0.4, -0.2) is 59.9 Å². The molecule has 2 aliphatic rings. The van der Waals surface area contributed by atoms with E-state index in [0.717, 1.165) is 12.0 Å². The van der Waals surface area contributed by atoms with Crippen molar-refractivity contribution in [3.8, 4) is 5.75 Å².